The van der Waals surface area contributed by atoms with Gasteiger partial charge in [-0.1, -0.05) is 0 Å². The van der Waals surface area contributed by atoms with E-state index in [-0.39, 0.29) is 0 Å². The first-order valence-corrected chi connectivity index (χ1v) is 6.51. The average molecular weight is 283 g/mol. The molecule has 1 amide bonds. The number of ether oxygens (including phenoxy) is 1. The van der Waals surface area contributed by atoms with Gasteiger partial charge in [0, 0.05) is 14.0 Å². The van der Waals surface area contributed by atoms with Crippen LogP contribution in [-0.2, 0) is 27.7 Å². The number of rotatable bonds is 5. The minimum atomic E-state index is -3.98. The third-order valence-electron chi connectivity index (χ3n) is 1.30. The van der Waals surface area contributed by atoms with Crippen molar-refractivity contribution in [3.63, 3.8) is 0 Å². The van der Waals surface area contributed by atoms with Gasteiger partial charge in [-0.25, -0.2) is 9.36 Å². The smallest absolute Gasteiger partial charge is 0.444 e. The van der Waals surface area contributed by atoms with E-state index in [9.17, 15) is 14.2 Å². The number of phosphoric ester groups is 1. The highest BCUT2D eigenvalue weighted by atomic mass is 31.2. The van der Waals surface area contributed by atoms with E-state index in [1.54, 1.807) is 20.8 Å². The van der Waals surface area contributed by atoms with Gasteiger partial charge in [0.2, 0.25) is 0 Å². The van der Waals surface area contributed by atoms with Crippen LogP contribution in [-0.4, -0.2) is 31.5 Å². The summed E-state index contributed by atoms with van der Waals surface area (Å²) in [5, 5.41) is 2.18. The molecular weight excluding hydrogens is 265 g/mol. The molecule has 1 N–H and O–H groups in total. The van der Waals surface area contributed by atoms with E-state index in [2.05, 4.69) is 18.9 Å². The van der Waals surface area contributed by atoms with Crippen LogP contribution in [0.5, 0.6) is 0 Å². The van der Waals surface area contributed by atoms with Gasteiger partial charge < -0.3 is 9.26 Å². The van der Waals surface area contributed by atoms with Gasteiger partial charge in [0.15, 0.2) is 0 Å². The van der Waals surface area contributed by atoms with Crippen LogP contribution in [0.2, 0.25) is 0 Å². The predicted molar refractivity (Wildman–Crippen MR) is 61.7 cm³/mol. The zero-order chi connectivity index (χ0) is 14.4. The van der Waals surface area contributed by atoms with Crippen molar-refractivity contribution in [3.05, 3.63) is 0 Å². The molecule has 0 bridgehead atoms. The van der Waals surface area contributed by atoms with Crippen molar-refractivity contribution in [2.75, 3.05) is 13.8 Å². The fourth-order valence-electron chi connectivity index (χ4n) is 0.758. The Morgan fingerprint density at radius 1 is 1.28 bits per heavy atom. The molecule has 1 atom stereocenters. The largest absolute Gasteiger partial charge is 0.533 e. The molecule has 0 aromatic rings. The molecule has 0 aromatic heterocycles. The summed E-state index contributed by atoms with van der Waals surface area (Å²) in [6, 6.07) is 0. The van der Waals surface area contributed by atoms with E-state index >= 15 is 0 Å². The second kappa shape index (κ2) is 6.72. The van der Waals surface area contributed by atoms with Crippen LogP contribution in [0.4, 0.5) is 4.79 Å². The molecule has 0 rings (SSSR count). The molecule has 0 fully saturated rings. The first-order valence-electron chi connectivity index (χ1n) is 5.05. The van der Waals surface area contributed by atoms with Crippen LogP contribution in [0.15, 0.2) is 0 Å². The first-order chi connectivity index (χ1) is 8.08. The van der Waals surface area contributed by atoms with E-state index in [0.29, 0.717) is 0 Å². The minimum Gasteiger partial charge on any atom is -0.444 e. The van der Waals surface area contributed by atoms with E-state index in [0.717, 1.165) is 14.0 Å². The molecule has 0 spiro atoms. The highest BCUT2D eigenvalue weighted by molar-refractivity contribution is 7.49. The van der Waals surface area contributed by atoms with Crippen molar-refractivity contribution in [3.8, 4) is 0 Å². The fraction of sp³-hybridized carbons (Fsp3) is 0.778. The Bertz CT molecular complexity index is 349. The summed E-state index contributed by atoms with van der Waals surface area (Å²) in [5.41, 5.74) is -0.662. The number of carbonyl (C=O) groups excluding carboxylic acids is 2. The summed E-state index contributed by atoms with van der Waals surface area (Å²) < 4.78 is 29.9. The number of hydrogen-bond donors (Lipinski definition) is 1. The second-order valence-corrected chi connectivity index (χ2v) is 5.87. The molecule has 0 saturated heterocycles. The third kappa shape index (κ3) is 8.05. The lowest BCUT2D eigenvalue weighted by molar-refractivity contribution is -0.133. The Balaban J connectivity index is 4.13. The summed E-state index contributed by atoms with van der Waals surface area (Å²) in [7, 11) is -2.93. The van der Waals surface area contributed by atoms with Crippen molar-refractivity contribution in [2.24, 2.45) is 0 Å². The molecule has 0 aliphatic carbocycles. The van der Waals surface area contributed by atoms with Gasteiger partial charge in [-0.3, -0.25) is 19.2 Å². The van der Waals surface area contributed by atoms with E-state index in [1.165, 1.54) is 0 Å². The topological polar surface area (TPSA) is 100 Å². The summed E-state index contributed by atoms with van der Waals surface area (Å²) in [6.45, 7) is 5.63. The fourth-order valence-corrected chi connectivity index (χ4v) is 1.53. The maximum atomic E-state index is 11.6. The Kier molecular flexibility index (Phi) is 6.31. The van der Waals surface area contributed by atoms with Crippen LogP contribution in [0, 0.1) is 0 Å². The van der Waals surface area contributed by atoms with Crippen molar-refractivity contribution < 1.29 is 32.5 Å². The zero-order valence-electron chi connectivity index (χ0n) is 11.0. The van der Waals surface area contributed by atoms with Crippen molar-refractivity contribution in [2.45, 2.75) is 33.3 Å². The number of carbonyl (C=O) groups is 2. The SMILES string of the molecule is COP(=O)(OCNC(=O)OC(C)(C)C)OC(C)=O. The van der Waals surface area contributed by atoms with E-state index < -0.39 is 32.2 Å². The predicted octanol–water partition coefficient (Wildman–Crippen LogP) is 1.80. The summed E-state index contributed by atoms with van der Waals surface area (Å²) in [4.78, 5) is 21.8. The third-order valence-corrected chi connectivity index (χ3v) is 2.68. The molecule has 18 heavy (non-hydrogen) atoms. The van der Waals surface area contributed by atoms with Crippen LogP contribution in [0.25, 0.3) is 0 Å². The number of amides is 1. The minimum absolute atomic E-state index is 0.479. The van der Waals surface area contributed by atoms with Crippen LogP contribution < -0.4 is 5.32 Å². The lowest BCUT2D eigenvalue weighted by Gasteiger charge is -2.20. The Morgan fingerprint density at radius 3 is 2.22 bits per heavy atom. The van der Waals surface area contributed by atoms with Gasteiger partial charge in [0.05, 0.1) is 0 Å². The molecule has 0 saturated carbocycles. The molecule has 0 aliphatic heterocycles. The quantitative estimate of drug-likeness (QED) is 0.606. The number of nitrogens with one attached hydrogen (secondary N) is 1. The highest BCUT2D eigenvalue weighted by Crippen LogP contribution is 2.48. The standard InChI is InChI=1S/C9H18NO7P/c1-7(11)17-18(13,14-5)15-6-10-8(12)16-9(2,3)4/h6H2,1-5H3,(H,10,12). The summed E-state index contributed by atoms with van der Waals surface area (Å²) in [5.74, 6) is -0.822. The molecule has 0 aliphatic rings. The Morgan fingerprint density at radius 2 is 1.83 bits per heavy atom. The van der Waals surface area contributed by atoms with Crippen LogP contribution >= 0.6 is 7.82 Å². The number of alkyl carbamates (subject to hydrolysis) is 1. The van der Waals surface area contributed by atoms with Gasteiger partial charge in [-0.15, -0.1) is 0 Å². The molecule has 0 aromatic carbocycles. The number of phosphoric acid groups is 1. The molecule has 1 unspecified atom stereocenters. The Labute approximate surface area is 106 Å². The van der Waals surface area contributed by atoms with Gasteiger partial charge in [-0.2, -0.15) is 0 Å². The first kappa shape index (κ1) is 16.9. The molecular formula is C9H18NO7P. The Hall–Kier alpha value is -1.11. The van der Waals surface area contributed by atoms with Gasteiger partial charge in [0.25, 0.3) is 0 Å². The zero-order valence-corrected chi connectivity index (χ0v) is 11.9. The van der Waals surface area contributed by atoms with Crippen LogP contribution in [0.3, 0.4) is 0 Å². The lowest BCUT2D eigenvalue weighted by atomic mass is 10.2. The van der Waals surface area contributed by atoms with Crippen molar-refractivity contribution >= 4 is 19.9 Å². The summed E-state index contributed by atoms with van der Waals surface area (Å²) in [6.07, 6.45) is -0.757. The molecule has 9 heteroatoms. The lowest BCUT2D eigenvalue weighted by Crippen LogP contribution is -2.33. The second-order valence-electron chi connectivity index (χ2n) is 4.16. The van der Waals surface area contributed by atoms with Crippen LogP contribution in [0.1, 0.15) is 27.7 Å². The number of hydrogen-bond acceptors (Lipinski definition) is 7. The molecule has 8 nitrogen and oxygen atoms in total. The van der Waals surface area contributed by atoms with Crippen molar-refractivity contribution in [1.29, 1.82) is 0 Å². The summed E-state index contributed by atoms with van der Waals surface area (Å²) >= 11 is 0. The van der Waals surface area contributed by atoms with Gasteiger partial charge >= 0.3 is 19.9 Å². The normalized spacial score (nSPS) is 14.5. The average Bonchev–Trinajstić information content (AvgIpc) is 2.13. The van der Waals surface area contributed by atoms with Crippen molar-refractivity contribution in [1.82, 2.24) is 5.32 Å². The maximum Gasteiger partial charge on any atom is 0.533 e. The molecule has 0 heterocycles. The highest BCUT2D eigenvalue weighted by Gasteiger charge is 2.28. The van der Waals surface area contributed by atoms with E-state index in [4.69, 9.17) is 4.74 Å². The monoisotopic (exact) mass is 283 g/mol. The van der Waals surface area contributed by atoms with Gasteiger partial charge in [0.1, 0.15) is 12.3 Å². The molecule has 0 radical (unpaired) electrons. The van der Waals surface area contributed by atoms with Gasteiger partial charge in [-0.05, 0) is 20.8 Å². The molecule has 106 valence electrons. The van der Waals surface area contributed by atoms with E-state index in [1.807, 2.05) is 0 Å². The maximum absolute atomic E-state index is 11.6.